The lowest BCUT2D eigenvalue weighted by molar-refractivity contribution is 1.31. The lowest BCUT2D eigenvalue weighted by atomic mass is 9.83. The molecular formula is C58H38N2. The van der Waals surface area contributed by atoms with Gasteiger partial charge in [-0.1, -0.05) is 176 Å². The van der Waals surface area contributed by atoms with Gasteiger partial charge >= 0.3 is 0 Å². The van der Waals surface area contributed by atoms with Crippen LogP contribution in [0.5, 0.6) is 0 Å². The van der Waals surface area contributed by atoms with Crippen molar-refractivity contribution in [2.24, 2.45) is 0 Å². The predicted molar refractivity (Wildman–Crippen MR) is 254 cm³/mol. The van der Waals surface area contributed by atoms with E-state index in [4.69, 9.17) is 4.98 Å². The van der Waals surface area contributed by atoms with E-state index in [-0.39, 0.29) is 0 Å². The molecule has 1 aliphatic rings. The summed E-state index contributed by atoms with van der Waals surface area (Å²) < 4.78 is 2.31. The van der Waals surface area contributed by atoms with E-state index < -0.39 is 0 Å². The molecule has 0 spiro atoms. The molecule has 2 aromatic heterocycles. The summed E-state index contributed by atoms with van der Waals surface area (Å²) in [6, 6.07) is 70.9. The fourth-order valence-electron chi connectivity index (χ4n) is 9.80. The molecule has 2 heterocycles. The molecule has 280 valence electrons. The van der Waals surface area contributed by atoms with Gasteiger partial charge in [0, 0.05) is 10.8 Å². The maximum absolute atomic E-state index is 5.11. The normalized spacial score (nSPS) is 13.1. The van der Waals surface area contributed by atoms with Crippen LogP contribution in [0.15, 0.2) is 212 Å². The highest BCUT2D eigenvalue weighted by Gasteiger charge is 2.32. The molecule has 0 atom stereocenters. The summed E-state index contributed by atoms with van der Waals surface area (Å²) in [5, 5.41) is 6.13. The van der Waals surface area contributed by atoms with Crippen LogP contribution in [0.1, 0.15) is 18.1 Å². The van der Waals surface area contributed by atoms with Gasteiger partial charge < -0.3 is 0 Å². The van der Waals surface area contributed by atoms with Gasteiger partial charge in [-0.3, -0.25) is 4.40 Å². The first-order chi connectivity index (χ1) is 29.7. The SMILES string of the molecule is C/C=C\C=C1/c2cc(-c3ccc(-c4ccc5c(c4)c4ccccc4n4c6ccccc6nc54)cc3)ccc2-c2c1c(-c1ccccc1)c1ccccc1c2-c1ccccc1. The first kappa shape index (κ1) is 34.3. The van der Waals surface area contributed by atoms with Gasteiger partial charge in [0.15, 0.2) is 0 Å². The Bertz CT molecular complexity index is 3570. The number of pyridine rings is 1. The predicted octanol–water partition coefficient (Wildman–Crippen LogP) is 15.6. The highest BCUT2D eigenvalue weighted by molar-refractivity contribution is 6.21. The fourth-order valence-corrected chi connectivity index (χ4v) is 9.80. The van der Waals surface area contributed by atoms with Crippen LogP contribution in [0.4, 0.5) is 0 Å². The van der Waals surface area contributed by atoms with Crippen molar-refractivity contribution in [1.29, 1.82) is 0 Å². The second kappa shape index (κ2) is 13.7. The first-order valence-corrected chi connectivity index (χ1v) is 20.8. The van der Waals surface area contributed by atoms with Crippen LogP contribution in [-0.2, 0) is 0 Å². The minimum atomic E-state index is 0.994. The van der Waals surface area contributed by atoms with E-state index in [1.165, 1.54) is 99.4 Å². The molecule has 0 radical (unpaired) electrons. The van der Waals surface area contributed by atoms with Crippen molar-refractivity contribution in [2.45, 2.75) is 6.92 Å². The Balaban J connectivity index is 1.01. The maximum Gasteiger partial charge on any atom is 0.146 e. The lowest BCUT2D eigenvalue weighted by Gasteiger charge is -2.20. The molecular weight excluding hydrogens is 725 g/mol. The summed E-state index contributed by atoms with van der Waals surface area (Å²) in [6.07, 6.45) is 6.63. The van der Waals surface area contributed by atoms with Gasteiger partial charge in [-0.25, -0.2) is 4.98 Å². The number of para-hydroxylation sites is 3. The number of aromatic nitrogens is 2. The minimum Gasteiger partial charge on any atom is -0.292 e. The summed E-state index contributed by atoms with van der Waals surface area (Å²) in [4.78, 5) is 5.11. The van der Waals surface area contributed by atoms with Crippen LogP contribution in [0, 0.1) is 0 Å². The molecule has 0 amide bonds. The molecule has 12 rings (SSSR count). The Hall–Kier alpha value is -7.81. The molecule has 1 aliphatic carbocycles. The number of hydrogen-bond donors (Lipinski definition) is 0. The topological polar surface area (TPSA) is 17.3 Å². The third-order valence-electron chi connectivity index (χ3n) is 12.5. The quantitative estimate of drug-likeness (QED) is 0.160. The van der Waals surface area contributed by atoms with E-state index in [0.717, 1.165) is 22.1 Å². The molecule has 0 fully saturated rings. The van der Waals surface area contributed by atoms with Crippen LogP contribution in [0.2, 0.25) is 0 Å². The second-order valence-corrected chi connectivity index (χ2v) is 15.8. The molecule has 0 saturated carbocycles. The molecule has 60 heavy (non-hydrogen) atoms. The third-order valence-corrected chi connectivity index (χ3v) is 12.5. The van der Waals surface area contributed by atoms with E-state index in [9.17, 15) is 0 Å². The van der Waals surface area contributed by atoms with Crippen molar-refractivity contribution in [2.75, 3.05) is 0 Å². The average molecular weight is 763 g/mol. The largest absolute Gasteiger partial charge is 0.292 e. The Morgan fingerprint density at radius 2 is 0.933 bits per heavy atom. The monoisotopic (exact) mass is 762 g/mol. The van der Waals surface area contributed by atoms with Gasteiger partial charge in [-0.2, -0.15) is 0 Å². The fraction of sp³-hybridized carbons (Fsp3) is 0.0172. The van der Waals surface area contributed by atoms with Crippen molar-refractivity contribution >= 4 is 54.7 Å². The van der Waals surface area contributed by atoms with Crippen LogP contribution in [-0.4, -0.2) is 9.38 Å². The van der Waals surface area contributed by atoms with E-state index in [2.05, 4.69) is 224 Å². The number of rotatable bonds is 5. The van der Waals surface area contributed by atoms with E-state index in [1.807, 2.05) is 0 Å². The highest BCUT2D eigenvalue weighted by Crippen LogP contribution is 2.56. The Labute approximate surface area is 348 Å². The number of imidazole rings is 1. The number of allylic oxidation sites excluding steroid dienone is 3. The van der Waals surface area contributed by atoms with Crippen LogP contribution < -0.4 is 0 Å². The Kier molecular flexibility index (Phi) is 7.79. The van der Waals surface area contributed by atoms with E-state index >= 15 is 0 Å². The second-order valence-electron chi connectivity index (χ2n) is 15.8. The molecule has 0 bridgehead atoms. The number of benzene rings is 9. The molecule has 0 saturated heterocycles. The molecule has 11 aromatic rings. The summed E-state index contributed by atoms with van der Waals surface area (Å²) in [5.41, 5.74) is 20.5. The summed E-state index contributed by atoms with van der Waals surface area (Å²) >= 11 is 0. The summed E-state index contributed by atoms with van der Waals surface area (Å²) in [5.74, 6) is 0. The van der Waals surface area contributed by atoms with Crippen molar-refractivity contribution in [3.63, 3.8) is 0 Å². The van der Waals surface area contributed by atoms with Crippen LogP contribution in [0.3, 0.4) is 0 Å². The standard InChI is InChI=1S/C58H38N2/c1-2-3-20-46-50-36-41(31-33-47(50)57-55(40-18-8-5-9-19-40)45-23-11-10-22-44(45)54(56(46)57)39-16-6-4-7-17-39)37-27-29-38(30-28-37)42-32-34-48-49(35-42)43-21-12-14-25-52(43)60-53-26-15-13-24-51(53)59-58(48)60/h2-36H,1H3/b3-2-,46-20+. The third kappa shape index (κ3) is 5.17. The zero-order chi connectivity index (χ0) is 39.7. The smallest absolute Gasteiger partial charge is 0.146 e. The van der Waals surface area contributed by atoms with Crippen molar-refractivity contribution in [3.05, 3.63) is 223 Å². The van der Waals surface area contributed by atoms with E-state index in [1.54, 1.807) is 0 Å². The van der Waals surface area contributed by atoms with Gasteiger partial charge in [0.25, 0.3) is 0 Å². The molecule has 0 unspecified atom stereocenters. The number of fused-ring (bicyclic) bond motifs is 12. The first-order valence-electron chi connectivity index (χ1n) is 20.8. The van der Waals surface area contributed by atoms with Gasteiger partial charge in [-0.15, -0.1) is 0 Å². The van der Waals surface area contributed by atoms with Gasteiger partial charge in [-0.05, 0) is 132 Å². The van der Waals surface area contributed by atoms with E-state index in [0.29, 0.717) is 0 Å². The van der Waals surface area contributed by atoms with Crippen molar-refractivity contribution < 1.29 is 0 Å². The molecule has 2 heteroatoms. The zero-order valence-electron chi connectivity index (χ0n) is 33.1. The maximum atomic E-state index is 5.11. The summed E-state index contributed by atoms with van der Waals surface area (Å²) in [6.45, 7) is 2.09. The number of hydrogen-bond acceptors (Lipinski definition) is 1. The Morgan fingerprint density at radius 3 is 1.62 bits per heavy atom. The van der Waals surface area contributed by atoms with Crippen LogP contribution in [0.25, 0.3) is 110 Å². The number of nitrogens with zero attached hydrogens (tertiary/aromatic N) is 2. The van der Waals surface area contributed by atoms with Crippen molar-refractivity contribution in [3.8, 4) is 55.6 Å². The van der Waals surface area contributed by atoms with Gasteiger partial charge in [0.05, 0.1) is 16.6 Å². The Morgan fingerprint density at radius 1 is 0.383 bits per heavy atom. The molecule has 0 N–H and O–H groups in total. The molecule has 2 nitrogen and oxygen atoms in total. The highest BCUT2D eigenvalue weighted by atomic mass is 15.0. The zero-order valence-corrected chi connectivity index (χ0v) is 33.1. The van der Waals surface area contributed by atoms with Crippen molar-refractivity contribution in [1.82, 2.24) is 9.38 Å². The van der Waals surface area contributed by atoms with Gasteiger partial charge in [0.1, 0.15) is 5.65 Å². The minimum absolute atomic E-state index is 0.994. The average Bonchev–Trinajstić information content (AvgIpc) is 3.86. The van der Waals surface area contributed by atoms with Gasteiger partial charge in [0.2, 0.25) is 0 Å². The van der Waals surface area contributed by atoms with Crippen LogP contribution >= 0.6 is 0 Å². The summed E-state index contributed by atoms with van der Waals surface area (Å²) in [7, 11) is 0. The molecule has 0 aliphatic heterocycles. The molecule has 9 aromatic carbocycles. The lowest BCUT2D eigenvalue weighted by Crippen LogP contribution is -1.95.